The number of carbonyl (C=O) groups is 1. The van der Waals surface area contributed by atoms with E-state index in [-0.39, 0.29) is 11.5 Å². The Labute approximate surface area is 69.6 Å². The number of anilines is 1. The largest absolute Gasteiger partial charge is 0.464 e. The quantitative estimate of drug-likeness (QED) is 0.602. The molecule has 64 valence electrons. The van der Waals surface area contributed by atoms with Gasteiger partial charge in [0.05, 0.1) is 12.8 Å². The van der Waals surface area contributed by atoms with Gasteiger partial charge in [-0.2, -0.15) is 0 Å². The minimum Gasteiger partial charge on any atom is -0.464 e. The number of carbonyl (C=O) groups excluding carboxylic acids is 1. The molecule has 0 aliphatic carbocycles. The van der Waals surface area contributed by atoms with Crippen LogP contribution in [0.4, 0.5) is 5.82 Å². The van der Waals surface area contributed by atoms with Gasteiger partial charge in [-0.15, -0.1) is 0 Å². The molecule has 0 unspecified atom stereocenters. The number of rotatable bonds is 1. The zero-order valence-corrected chi connectivity index (χ0v) is 6.87. The highest BCUT2D eigenvalue weighted by Crippen LogP contribution is 2.06. The number of esters is 1. The number of nitrogens with zero attached hydrogens (tertiary/aromatic N) is 2. The van der Waals surface area contributed by atoms with Gasteiger partial charge in [-0.25, -0.2) is 14.8 Å². The fourth-order valence-corrected chi connectivity index (χ4v) is 0.750. The van der Waals surface area contributed by atoms with Crippen LogP contribution in [-0.4, -0.2) is 23.0 Å². The Balaban J connectivity index is 3.09. The second kappa shape index (κ2) is 3.17. The van der Waals surface area contributed by atoms with E-state index in [1.54, 1.807) is 6.92 Å². The van der Waals surface area contributed by atoms with Gasteiger partial charge in [0.25, 0.3) is 0 Å². The van der Waals surface area contributed by atoms with Crippen molar-refractivity contribution in [2.45, 2.75) is 6.92 Å². The SMILES string of the molecule is COC(=O)c1ncc(C)nc1N. The maximum absolute atomic E-state index is 10.9. The third-order valence-electron chi connectivity index (χ3n) is 1.30. The number of aromatic nitrogens is 2. The van der Waals surface area contributed by atoms with E-state index in [0.29, 0.717) is 5.69 Å². The molecule has 0 aliphatic heterocycles. The molecular formula is C7H9N3O2. The highest BCUT2D eigenvalue weighted by Gasteiger charge is 2.11. The summed E-state index contributed by atoms with van der Waals surface area (Å²) < 4.78 is 4.44. The van der Waals surface area contributed by atoms with Crippen LogP contribution in [-0.2, 0) is 4.74 Å². The van der Waals surface area contributed by atoms with Gasteiger partial charge in [0.15, 0.2) is 11.5 Å². The molecule has 1 heterocycles. The summed E-state index contributed by atoms with van der Waals surface area (Å²) in [6.45, 7) is 1.74. The van der Waals surface area contributed by atoms with Crippen molar-refractivity contribution in [3.63, 3.8) is 0 Å². The Kier molecular flexibility index (Phi) is 2.23. The molecule has 1 aromatic heterocycles. The van der Waals surface area contributed by atoms with Crippen molar-refractivity contribution in [3.8, 4) is 0 Å². The second-order valence-electron chi connectivity index (χ2n) is 2.24. The molecule has 1 aromatic rings. The molecule has 0 atom stereocenters. The van der Waals surface area contributed by atoms with Crippen molar-refractivity contribution in [3.05, 3.63) is 17.6 Å². The molecule has 0 aromatic carbocycles. The van der Waals surface area contributed by atoms with Crippen LogP contribution < -0.4 is 5.73 Å². The lowest BCUT2D eigenvalue weighted by Crippen LogP contribution is -2.10. The molecule has 5 heteroatoms. The lowest BCUT2D eigenvalue weighted by atomic mass is 10.4. The van der Waals surface area contributed by atoms with Crippen molar-refractivity contribution in [1.82, 2.24) is 9.97 Å². The van der Waals surface area contributed by atoms with Gasteiger partial charge < -0.3 is 10.5 Å². The Hall–Kier alpha value is -1.65. The van der Waals surface area contributed by atoms with Gasteiger partial charge in [0.1, 0.15) is 0 Å². The number of aryl methyl sites for hydroxylation is 1. The molecule has 0 spiro atoms. The van der Waals surface area contributed by atoms with E-state index in [9.17, 15) is 4.79 Å². The van der Waals surface area contributed by atoms with Crippen LogP contribution >= 0.6 is 0 Å². The smallest absolute Gasteiger partial charge is 0.360 e. The number of nitrogen functional groups attached to an aromatic ring is 1. The molecule has 0 saturated carbocycles. The highest BCUT2D eigenvalue weighted by atomic mass is 16.5. The first-order valence-electron chi connectivity index (χ1n) is 3.32. The summed E-state index contributed by atoms with van der Waals surface area (Å²) >= 11 is 0. The molecular weight excluding hydrogens is 158 g/mol. The van der Waals surface area contributed by atoms with Gasteiger partial charge in [-0.1, -0.05) is 0 Å². The van der Waals surface area contributed by atoms with Gasteiger partial charge in [0.2, 0.25) is 0 Å². The number of methoxy groups -OCH3 is 1. The van der Waals surface area contributed by atoms with Crippen LogP contribution in [0.5, 0.6) is 0 Å². The van der Waals surface area contributed by atoms with Crippen molar-refractivity contribution in [2.24, 2.45) is 0 Å². The lowest BCUT2D eigenvalue weighted by molar-refractivity contribution is 0.0595. The molecule has 0 saturated heterocycles. The summed E-state index contributed by atoms with van der Waals surface area (Å²) in [5.41, 5.74) is 6.15. The first-order chi connectivity index (χ1) is 5.65. The summed E-state index contributed by atoms with van der Waals surface area (Å²) in [5, 5.41) is 0. The molecule has 0 radical (unpaired) electrons. The number of ether oxygens (including phenoxy) is 1. The lowest BCUT2D eigenvalue weighted by Gasteiger charge is -2.01. The van der Waals surface area contributed by atoms with Gasteiger partial charge in [0, 0.05) is 6.20 Å². The third kappa shape index (κ3) is 1.50. The van der Waals surface area contributed by atoms with E-state index < -0.39 is 5.97 Å². The summed E-state index contributed by atoms with van der Waals surface area (Å²) in [6, 6.07) is 0. The topological polar surface area (TPSA) is 78.1 Å². The summed E-state index contributed by atoms with van der Waals surface area (Å²) in [4.78, 5) is 18.6. The zero-order chi connectivity index (χ0) is 9.14. The second-order valence-corrected chi connectivity index (χ2v) is 2.24. The minimum atomic E-state index is -0.569. The van der Waals surface area contributed by atoms with E-state index in [1.807, 2.05) is 0 Å². The van der Waals surface area contributed by atoms with Crippen molar-refractivity contribution in [1.29, 1.82) is 0 Å². The van der Waals surface area contributed by atoms with Crippen molar-refractivity contribution >= 4 is 11.8 Å². The summed E-state index contributed by atoms with van der Waals surface area (Å²) in [6.07, 6.45) is 1.46. The van der Waals surface area contributed by atoms with Crippen molar-refractivity contribution < 1.29 is 9.53 Å². The van der Waals surface area contributed by atoms with Crippen LogP contribution in [0.15, 0.2) is 6.20 Å². The van der Waals surface area contributed by atoms with Crippen LogP contribution in [0.2, 0.25) is 0 Å². The van der Waals surface area contributed by atoms with Gasteiger partial charge in [-0.3, -0.25) is 0 Å². The zero-order valence-electron chi connectivity index (χ0n) is 6.87. The van der Waals surface area contributed by atoms with Gasteiger partial charge in [-0.05, 0) is 6.92 Å². The van der Waals surface area contributed by atoms with Crippen LogP contribution in [0, 0.1) is 6.92 Å². The first kappa shape index (κ1) is 8.45. The standard InChI is InChI=1S/C7H9N3O2/c1-4-3-9-5(6(8)10-4)7(11)12-2/h3H,1-2H3,(H2,8,10). The summed E-state index contributed by atoms with van der Waals surface area (Å²) in [7, 11) is 1.27. The maximum Gasteiger partial charge on any atom is 0.360 e. The normalized spacial score (nSPS) is 9.50. The van der Waals surface area contributed by atoms with Gasteiger partial charge >= 0.3 is 5.97 Å². The molecule has 0 amide bonds. The molecule has 0 bridgehead atoms. The molecule has 2 N–H and O–H groups in total. The van der Waals surface area contributed by atoms with Crippen LogP contribution in [0.25, 0.3) is 0 Å². The number of hydrogen-bond donors (Lipinski definition) is 1. The molecule has 0 aliphatic rings. The average molecular weight is 167 g/mol. The monoisotopic (exact) mass is 167 g/mol. The van der Waals surface area contributed by atoms with E-state index >= 15 is 0 Å². The van der Waals surface area contributed by atoms with E-state index in [2.05, 4.69) is 14.7 Å². The number of nitrogens with two attached hydrogens (primary N) is 1. The Morgan fingerprint density at radius 1 is 1.67 bits per heavy atom. The fraction of sp³-hybridized carbons (Fsp3) is 0.286. The Morgan fingerprint density at radius 3 is 2.83 bits per heavy atom. The third-order valence-corrected chi connectivity index (χ3v) is 1.30. The Morgan fingerprint density at radius 2 is 2.33 bits per heavy atom. The van der Waals surface area contributed by atoms with Crippen LogP contribution in [0.3, 0.4) is 0 Å². The van der Waals surface area contributed by atoms with E-state index in [0.717, 1.165) is 0 Å². The van der Waals surface area contributed by atoms with Crippen LogP contribution in [0.1, 0.15) is 16.2 Å². The Bertz CT molecular complexity index is 312. The maximum atomic E-state index is 10.9. The van der Waals surface area contributed by atoms with E-state index in [4.69, 9.17) is 5.73 Å². The first-order valence-corrected chi connectivity index (χ1v) is 3.32. The van der Waals surface area contributed by atoms with E-state index in [1.165, 1.54) is 13.3 Å². The average Bonchev–Trinajstić information content (AvgIpc) is 2.03. The molecule has 5 nitrogen and oxygen atoms in total. The van der Waals surface area contributed by atoms with Crippen molar-refractivity contribution in [2.75, 3.05) is 12.8 Å². The highest BCUT2D eigenvalue weighted by molar-refractivity contribution is 5.91. The molecule has 1 rings (SSSR count). The number of hydrogen-bond acceptors (Lipinski definition) is 5. The molecule has 12 heavy (non-hydrogen) atoms. The fourth-order valence-electron chi connectivity index (χ4n) is 0.750. The summed E-state index contributed by atoms with van der Waals surface area (Å²) in [5.74, 6) is -0.471. The predicted molar refractivity (Wildman–Crippen MR) is 42.5 cm³/mol. The predicted octanol–water partition coefficient (Wildman–Crippen LogP) is 0.154. The molecule has 0 fully saturated rings. The minimum absolute atomic E-state index is 0.0584.